The van der Waals surface area contributed by atoms with E-state index in [0.29, 0.717) is 5.75 Å². The Kier molecular flexibility index (Phi) is 3.91. The maximum absolute atomic E-state index is 10.6. The van der Waals surface area contributed by atoms with Gasteiger partial charge in [-0.1, -0.05) is 28.6 Å². The van der Waals surface area contributed by atoms with E-state index in [9.17, 15) is 4.79 Å². The van der Waals surface area contributed by atoms with Gasteiger partial charge in [0.05, 0.1) is 0 Å². The Morgan fingerprint density at radius 3 is 2.87 bits per heavy atom. The summed E-state index contributed by atoms with van der Waals surface area (Å²) in [4.78, 5) is 10.6. The predicted molar refractivity (Wildman–Crippen MR) is 62.0 cm³/mol. The van der Waals surface area contributed by atoms with Crippen LogP contribution in [0.5, 0.6) is 5.75 Å². The topological polar surface area (TPSA) is 46.5 Å². The summed E-state index contributed by atoms with van der Waals surface area (Å²) in [5, 5.41) is 8.70. The molecule has 4 heteroatoms. The number of carboxylic acid groups (broad SMARTS) is 1. The van der Waals surface area contributed by atoms with Gasteiger partial charge in [0.25, 0.3) is 0 Å². The van der Waals surface area contributed by atoms with E-state index in [0.717, 1.165) is 10.0 Å². The minimum atomic E-state index is -0.993. The van der Waals surface area contributed by atoms with E-state index in [2.05, 4.69) is 22.5 Å². The Morgan fingerprint density at radius 2 is 2.33 bits per heavy atom. The lowest BCUT2D eigenvalue weighted by Crippen LogP contribution is -2.23. The number of aliphatic carboxylic acids is 1. The normalized spacial score (nSPS) is 11.9. The molecule has 80 valence electrons. The van der Waals surface area contributed by atoms with Gasteiger partial charge in [0.2, 0.25) is 0 Å². The number of hydrogen-bond donors (Lipinski definition) is 1. The lowest BCUT2D eigenvalue weighted by atomic mass is 10.2. The van der Waals surface area contributed by atoms with Gasteiger partial charge in [0, 0.05) is 10.0 Å². The second-order valence-electron chi connectivity index (χ2n) is 2.98. The van der Waals surface area contributed by atoms with Gasteiger partial charge >= 0.3 is 5.97 Å². The van der Waals surface area contributed by atoms with Crippen molar-refractivity contribution in [1.29, 1.82) is 0 Å². The van der Waals surface area contributed by atoms with Gasteiger partial charge in [0.1, 0.15) is 5.75 Å². The molecule has 0 heterocycles. The summed E-state index contributed by atoms with van der Waals surface area (Å²) in [6, 6.07) is 5.31. The summed E-state index contributed by atoms with van der Waals surface area (Å²) >= 11 is 3.31. The number of carbonyl (C=O) groups is 1. The molecule has 0 bridgehead atoms. The molecule has 15 heavy (non-hydrogen) atoms. The van der Waals surface area contributed by atoms with Crippen LogP contribution in [0.2, 0.25) is 0 Å². The van der Waals surface area contributed by atoms with E-state index < -0.39 is 12.1 Å². The van der Waals surface area contributed by atoms with Crippen LogP contribution in [0.1, 0.15) is 12.5 Å². The van der Waals surface area contributed by atoms with Crippen molar-refractivity contribution in [2.45, 2.75) is 13.0 Å². The smallest absolute Gasteiger partial charge is 0.344 e. The first kappa shape index (κ1) is 11.8. The molecule has 0 aromatic heterocycles. The Bertz CT molecular complexity index is 387. The van der Waals surface area contributed by atoms with Gasteiger partial charge in [-0.2, -0.15) is 0 Å². The average molecular weight is 271 g/mol. The average Bonchev–Trinajstić information content (AvgIpc) is 2.20. The van der Waals surface area contributed by atoms with E-state index in [-0.39, 0.29) is 0 Å². The molecule has 1 aromatic rings. The maximum Gasteiger partial charge on any atom is 0.344 e. The van der Waals surface area contributed by atoms with Gasteiger partial charge in [0.15, 0.2) is 6.10 Å². The van der Waals surface area contributed by atoms with E-state index in [1.807, 2.05) is 6.07 Å². The maximum atomic E-state index is 10.6. The van der Waals surface area contributed by atoms with Crippen LogP contribution in [0.3, 0.4) is 0 Å². The first-order valence-corrected chi connectivity index (χ1v) is 5.15. The van der Waals surface area contributed by atoms with Gasteiger partial charge in [-0.15, -0.1) is 0 Å². The fraction of sp³-hybridized carbons (Fsp3) is 0.182. The molecular formula is C11H11BrO3. The lowest BCUT2D eigenvalue weighted by molar-refractivity contribution is -0.144. The Balaban J connectivity index is 2.94. The van der Waals surface area contributed by atoms with Crippen molar-refractivity contribution >= 4 is 28.0 Å². The highest BCUT2D eigenvalue weighted by molar-refractivity contribution is 9.10. The van der Waals surface area contributed by atoms with Crippen LogP contribution in [0, 0.1) is 0 Å². The Labute approximate surface area is 96.5 Å². The molecule has 1 unspecified atom stereocenters. The van der Waals surface area contributed by atoms with Crippen LogP contribution >= 0.6 is 15.9 Å². The summed E-state index contributed by atoms with van der Waals surface area (Å²) in [6.45, 7) is 5.12. The third kappa shape index (κ3) is 3.09. The van der Waals surface area contributed by atoms with Crippen LogP contribution in [-0.4, -0.2) is 17.2 Å². The van der Waals surface area contributed by atoms with Crippen LogP contribution in [0.25, 0.3) is 6.08 Å². The number of carboxylic acids is 1. The van der Waals surface area contributed by atoms with Crippen LogP contribution in [-0.2, 0) is 4.79 Å². The predicted octanol–water partition coefficient (Wildman–Crippen LogP) is 2.94. The van der Waals surface area contributed by atoms with Crippen molar-refractivity contribution in [2.75, 3.05) is 0 Å². The quantitative estimate of drug-likeness (QED) is 0.915. The molecule has 1 aromatic carbocycles. The zero-order valence-corrected chi connectivity index (χ0v) is 9.82. The van der Waals surface area contributed by atoms with Crippen LogP contribution < -0.4 is 4.74 Å². The zero-order valence-electron chi connectivity index (χ0n) is 8.24. The van der Waals surface area contributed by atoms with E-state index in [4.69, 9.17) is 9.84 Å². The van der Waals surface area contributed by atoms with Gasteiger partial charge < -0.3 is 9.84 Å². The van der Waals surface area contributed by atoms with Crippen molar-refractivity contribution in [3.8, 4) is 5.75 Å². The minimum Gasteiger partial charge on any atom is -0.479 e. The van der Waals surface area contributed by atoms with Gasteiger partial charge in [-0.3, -0.25) is 0 Å². The van der Waals surface area contributed by atoms with Gasteiger partial charge in [-0.05, 0) is 25.1 Å². The molecule has 1 rings (SSSR count). The molecular weight excluding hydrogens is 260 g/mol. The van der Waals surface area contributed by atoms with E-state index in [1.165, 1.54) is 6.92 Å². The third-order valence-electron chi connectivity index (χ3n) is 1.84. The molecule has 0 aliphatic carbocycles. The zero-order chi connectivity index (χ0) is 11.4. The summed E-state index contributed by atoms with van der Waals surface area (Å²) in [5.41, 5.74) is 0.762. The number of rotatable bonds is 4. The molecule has 0 saturated heterocycles. The summed E-state index contributed by atoms with van der Waals surface area (Å²) in [7, 11) is 0. The SMILES string of the molecule is C=Cc1cc(Br)ccc1OC(C)C(=O)O. The monoisotopic (exact) mass is 270 g/mol. The highest BCUT2D eigenvalue weighted by Crippen LogP contribution is 2.24. The molecule has 0 aliphatic heterocycles. The molecule has 0 aliphatic rings. The van der Waals surface area contributed by atoms with Crippen molar-refractivity contribution in [3.63, 3.8) is 0 Å². The molecule has 1 N–H and O–H groups in total. The van der Waals surface area contributed by atoms with Crippen molar-refractivity contribution in [2.24, 2.45) is 0 Å². The summed E-state index contributed by atoms with van der Waals surface area (Å²) < 4.78 is 6.16. The Morgan fingerprint density at radius 1 is 1.67 bits per heavy atom. The summed E-state index contributed by atoms with van der Waals surface area (Å²) in [6.07, 6.45) is 0.749. The lowest BCUT2D eigenvalue weighted by Gasteiger charge is -2.12. The first-order valence-electron chi connectivity index (χ1n) is 4.36. The Hall–Kier alpha value is -1.29. The van der Waals surface area contributed by atoms with Gasteiger partial charge in [-0.25, -0.2) is 4.79 Å². The third-order valence-corrected chi connectivity index (χ3v) is 2.34. The molecule has 0 saturated carbocycles. The molecule has 0 radical (unpaired) electrons. The fourth-order valence-electron chi connectivity index (χ4n) is 1.03. The summed E-state index contributed by atoms with van der Waals surface area (Å²) in [5.74, 6) is -0.476. The molecule has 3 nitrogen and oxygen atoms in total. The first-order chi connectivity index (χ1) is 7.04. The standard InChI is InChI=1S/C11H11BrO3/c1-3-8-6-9(12)4-5-10(8)15-7(2)11(13)14/h3-7H,1H2,2H3,(H,13,14). The fourth-order valence-corrected chi connectivity index (χ4v) is 1.41. The van der Waals surface area contributed by atoms with E-state index in [1.54, 1.807) is 18.2 Å². The molecule has 0 fully saturated rings. The van der Waals surface area contributed by atoms with Crippen LogP contribution in [0.15, 0.2) is 29.3 Å². The van der Waals surface area contributed by atoms with E-state index >= 15 is 0 Å². The number of benzene rings is 1. The second kappa shape index (κ2) is 4.98. The highest BCUT2D eigenvalue weighted by Gasteiger charge is 2.13. The molecule has 0 amide bonds. The highest BCUT2D eigenvalue weighted by atomic mass is 79.9. The van der Waals surface area contributed by atoms with Crippen molar-refractivity contribution < 1.29 is 14.6 Å². The van der Waals surface area contributed by atoms with Crippen molar-refractivity contribution in [3.05, 3.63) is 34.8 Å². The largest absolute Gasteiger partial charge is 0.479 e. The number of ether oxygens (including phenoxy) is 1. The van der Waals surface area contributed by atoms with Crippen LogP contribution in [0.4, 0.5) is 0 Å². The number of halogens is 1. The number of hydrogen-bond acceptors (Lipinski definition) is 2. The molecule has 0 spiro atoms. The molecule has 1 atom stereocenters. The minimum absolute atomic E-state index is 0.517. The second-order valence-corrected chi connectivity index (χ2v) is 3.90. The van der Waals surface area contributed by atoms with Crippen molar-refractivity contribution in [1.82, 2.24) is 0 Å².